The van der Waals surface area contributed by atoms with Gasteiger partial charge in [0.2, 0.25) is 0 Å². The van der Waals surface area contributed by atoms with Gasteiger partial charge in [-0.2, -0.15) is 0 Å². The highest BCUT2D eigenvalue weighted by molar-refractivity contribution is 4.77. The van der Waals surface area contributed by atoms with Crippen LogP contribution < -0.4 is 0 Å². The molecule has 0 unspecified atom stereocenters. The number of nitrogens with zero attached hydrogens (tertiary/aromatic N) is 1. The molecule has 3 heteroatoms. The van der Waals surface area contributed by atoms with Crippen LogP contribution in [-0.4, -0.2) is 44.4 Å². The molecular formula is C11H24FNO. The molecule has 0 spiro atoms. The second kappa shape index (κ2) is 8.18. The van der Waals surface area contributed by atoms with E-state index < -0.39 is 6.17 Å². The number of rotatable bonds is 3. The zero-order chi connectivity index (χ0) is 11.0. The van der Waals surface area contributed by atoms with Crippen LogP contribution in [0.3, 0.4) is 0 Å². The Kier molecular flexibility index (Phi) is 8.09. The van der Waals surface area contributed by atoms with Gasteiger partial charge in [0.25, 0.3) is 0 Å². The minimum absolute atomic E-state index is 0.240. The molecule has 0 aliphatic carbocycles. The van der Waals surface area contributed by atoms with Crippen LogP contribution in [-0.2, 0) is 4.74 Å². The lowest BCUT2D eigenvalue weighted by Crippen LogP contribution is -2.42. The van der Waals surface area contributed by atoms with Crippen LogP contribution in [0, 0.1) is 5.92 Å². The van der Waals surface area contributed by atoms with Crippen molar-refractivity contribution in [2.24, 2.45) is 5.92 Å². The van der Waals surface area contributed by atoms with E-state index in [0.717, 1.165) is 19.5 Å². The predicted molar refractivity (Wildman–Crippen MR) is 58.3 cm³/mol. The van der Waals surface area contributed by atoms with Gasteiger partial charge in [0.1, 0.15) is 6.17 Å². The van der Waals surface area contributed by atoms with Crippen molar-refractivity contribution in [1.29, 1.82) is 0 Å². The van der Waals surface area contributed by atoms with Crippen molar-refractivity contribution >= 4 is 0 Å². The highest BCUT2D eigenvalue weighted by Gasteiger charge is 2.24. The van der Waals surface area contributed by atoms with E-state index in [1.807, 2.05) is 20.8 Å². The topological polar surface area (TPSA) is 12.5 Å². The summed E-state index contributed by atoms with van der Waals surface area (Å²) in [7, 11) is 1.68. The van der Waals surface area contributed by atoms with Crippen molar-refractivity contribution in [2.75, 3.05) is 33.4 Å². The van der Waals surface area contributed by atoms with E-state index in [1.54, 1.807) is 7.11 Å². The molecule has 1 fully saturated rings. The van der Waals surface area contributed by atoms with Gasteiger partial charge in [0.15, 0.2) is 0 Å². The molecule has 0 saturated carbocycles. The normalized spacial score (nSPS) is 28.1. The van der Waals surface area contributed by atoms with Gasteiger partial charge < -0.3 is 4.74 Å². The highest BCUT2D eigenvalue weighted by atomic mass is 19.1. The predicted octanol–water partition coefficient (Wildman–Crippen LogP) is 2.34. The summed E-state index contributed by atoms with van der Waals surface area (Å²) in [6.45, 7) is 9.17. The van der Waals surface area contributed by atoms with Gasteiger partial charge >= 0.3 is 0 Å². The second-order valence-corrected chi connectivity index (χ2v) is 3.58. The minimum atomic E-state index is -0.643. The number of piperidine rings is 1. The zero-order valence-electron chi connectivity index (χ0n) is 9.92. The summed E-state index contributed by atoms with van der Waals surface area (Å²) in [4.78, 5) is 2.13. The zero-order valence-corrected chi connectivity index (χ0v) is 9.92. The van der Waals surface area contributed by atoms with Gasteiger partial charge in [-0.1, -0.05) is 20.8 Å². The fourth-order valence-corrected chi connectivity index (χ4v) is 1.51. The number of halogens is 1. The van der Waals surface area contributed by atoms with E-state index >= 15 is 0 Å². The van der Waals surface area contributed by atoms with E-state index in [2.05, 4.69) is 4.90 Å². The average molecular weight is 205 g/mol. The third kappa shape index (κ3) is 4.91. The van der Waals surface area contributed by atoms with Gasteiger partial charge in [-0.15, -0.1) is 0 Å². The molecule has 0 radical (unpaired) electrons. The first kappa shape index (κ1) is 13.8. The monoisotopic (exact) mass is 205 g/mol. The number of hydrogen-bond acceptors (Lipinski definition) is 2. The van der Waals surface area contributed by atoms with E-state index in [1.165, 1.54) is 0 Å². The smallest absolute Gasteiger partial charge is 0.115 e. The Hall–Kier alpha value is -0.150. The van der Waals surface area contributed by atoms with Crippen molar-refractivity contribution in [1.82, 2.24) is 4.90 Å². The van der Waals surface area contributed by atoms with Crippen molar-refractivity contribution in [3.8, 4) is 0 Å². The average Bonchev–Trinajstić information content (AvgIpc) is 2.23. The summed E-state index contributed by atoms with van der Waals surface area (Å²) >= 11 is 0. The molecular weight excluding hydrogens is 181 g/mol. The molecule has 0 aromatic rings. The van der Waals surface area contributed by atoms with Crippen molar-refractivity contribution in [3.05, 3.63) is 0 Å². The number of ether oxygens (including phenoxy) is 1. The maximum absolute atomic E-state index is 13.2. The highest BCUT2D eigenvalue weighted by Crippen LogP contribution is 2.19. The van der Waals surface area contributed by atoms with E-state index in [9.17, 15) is 4.39 Å². The molecule has 14 heavy (non-hydrogen) atoms. The molecule has 1 aliphatic rings. The van der Waals surface area contributed by atoms with Crippen LogP contribution in [0.5, 0.6) is 0 Å². The van der Waals surface area contributed by atoms with Crippen LogP contribution >= 0.6 is 0 Å². The molecule has 1 aliphatic heterocycles. The molecule has 0 aromatic heterocycles. The Morgan fingerprint density at radius 1 is 1.43 bits per heavy atom. The van der Waals surface area contributed by atoms with Gasteiger partial charge in [-0.25, -0.2) is 4.39 Å². The third-order valence-electron chi connectivity index (χ3n) is 2.56. The lowest BCUT2D eigenvalue weighted by atomic mass is 9.97. The molecule has 0 bridgehead atoms. The summed E-state index contributed by atoms with van der Waals surface area (Å²) in [6.07, 6.45) is 0.334. The molecule has 0 amide bonds. The summed E-state index contributed by atoms with van der Waals surface area (Å²) in [5.41, 5.74) is 0. The SMILES string of the molecule is CC.COCCN1CC[C@@H](C)[C@@H](F)C1. The Balaban J connectivity index is 0.000000791. The first-order chi connectivity index (χ1) is 6.74. The number of hydrogen-bond donors (Lipinski definition) is 0. The Morgan fingerprint density at radius 3 is 2.57 bits per heavy atom. The summed E-state index contributed by atoms with van der Waals surface area (Å²) in [5, 5.41) is 0. The van der Waals surface area contributed by atoms with Crippen LogP contribution in [0.1, 0.15) is 27.2 Å². The number of likely N-dealkylation sites (tertiary alicyclic amines) is 1. The molecule has 1 heterocycles. The maximum atomic E-state index is 13.2. The lowest BCUT2D eigenvalue weighted by molar-refractivity contribution is 0.0699. The van der Waals surface area contributed by atoms with E-state index in [4.69, 9.17) is 4.74 Å². The van der Waals surface area contributed by atoms with Gasteiger partial charge in [0, 0.05) is 20.2 Å². The molecule has 2 nitrogen and oxygen atoms in total. The first-order valence-electron chi connectivity index (χ1n) is 5.59. The lowest BCUT2D eigenvalue weighted by Gasteiger charge is -2.32. The fourth-order valence-electron chi connectivity index (χ4n) is 1.51. The van der Waals surface area contributed by atoms with Crippen LogP contribution in [0.15, 0.2) is 0 Å². The van der Waals surface area contributed by atoms with Crippen molar-refractivity contribution in [3.63, 3.8) is 0 Å². The van der Waals surface area contributed by atoms with Gasteiger partial charge in [0.05, 0.1) is 6.61 Å². The molecule has 2 atom stereocenters. The van der Waals surface area contributed by atoms with Crippen LogP contribution in [0.4, 0.5) is 4.39 Å². The van der Waals surface area contributed by atoms with E-state index in [-0.39, 0.29) is 5.92 Å². The second-order valence-electron chi connectivity index (χ2n) is 3.58. The Bertz CT molecular complexity index is 130. The van der Waals surface area contributed by atoms with Crippen molar-refractivity contribution in [2.45, 2.75) is 33.4 Å². The standard InChI is InChI=1S/C9H18FNO.C2H6/c1-8-3-4-11(5-6-12-2)7-9(8)10;1-2/h8-9H,3-7H2,1-2H3;1-2H3/t8-,9+;/m1./s1. The summed E-state index contributed by atoms with van der Waals surface area (Å²) in [6, 6.07) is 0. The van der Waals surface area contributed by atoms with E-state index in [0.29, 0.717) is 13.2 Å². The maximum Gasteiger partial charge on any atom is 0.115 e. The van der Waals surface area contributed by atoms with Crippen LogP contribution in [0.2, 0.25) is 0 Å². The van der Waals surface area contributed by atoms with Gasteiger partial charge in [-0.3, -0.25) is 4.90 Å². The molecule has 0 N–H and O–H groups in total. The first-order valence-corrected chi connectivity index (χ1v) is 5.59. The molecule has 1 rings (SSSR count). The minimum Gasteiger partial charge on any atom is -0.383 e. The van der Waals surface area contributed by atoms with Crippen LogP contribution in [0.25, 0.3) is 0 Å². The Morgan fingerprint density at radius 2 is 2.07 bits per heavy atom. The number of alkyl halides is 1. The summed E-state index contributed by atoms with van der Waals surface area (Å²) < 4.78 is 18.1. The molecule has 86 valence electrons. The quantitative estimate of drug-likeness (QED) is 0.701. The van der Waals surface area contributed by atoms with Gasteiger partial charge in [-0.05, 0) is 18.9 Å². The summed E-state index contributed by atoms with van der Waals surface area (Å²) in [5.74, 6) is 0.240. The third-order valence-corrected chi connectivity index (χ3v) is 2.56. The van der Waals surface area contributed by atoms with Crippen molar-refractivity contribution < 1.29 is 9.13 Å². The molecule has 0 aromatic carbocycles. The molecule has 1 saturated heterocycles. The fraction of sp³-hybridized carbons (Fsp3) is 1.00. The largest absolute Gasteiger partial charge is 0.383 e. The number of methoxy groups -OCH3 is 1. The Labute approximate surface area is 87.4 Å².